The number of nitrogens with one attached hydrogen (secondary N) is 1. The van der Waals surface area contributed by atoms with Crippen LogP contribution in [0.15, 0.2) is 30.3 Å². The third-order valence-corrected chi connectivity index (χ3v) is 6.11. The second kappa shape index (κ2) is 7.63. The average molecular weight is 399 g/mol. The molecule has 0 spiro atoms. The maximum atomic E-state index is 12.8. The van der Waals surface area contributed by atoms with Crippen molar-refractivity contribution in [3.8, 4) is 0 Å². The van der Waals surface area contributed by atoms with E-state index in [9.17, 15) is 14.7 Å². The van der Waals surface area contributed by atoms with Crippen molar-refractivity contribution < 1.29 is 19.4 Å². The molecule has 156 valence electrons. The van der Waals surface area contributed by atoms with Crippen molar-refractivity contribution in [3.63, 3.8) is 0 Å². The van der Waals surface area contributed by atoms with Crippen LogP contribution >= 0.6 is 0 Å². The van der Waals surface area contributed by atoms with Crippen molar-refractivity contribution >= 4 is 11.9 Å². The van der Waals surface area contributed by atoms with Crippen LogP contribution in [0.1, 0.15) is 54.5 Å². The number of hydrogen-bond acceptors (Lipinski definition) is 4. The molecule has 7 heteroatoms. The van der Waals surface area contributed by atoms with Crippen LogP contribution in [0.2, 0.25) is 0 Å². The summed E-state index contributed by atoms with van der Waals surface area (Å²) < 4.78 is 7.56. The largest absolute Gasteiger partial charge is 0.479 e. The van der Waals surface area contributed by atoms with Gasteiger partial charge in [0.2, 0.25) is 0 Å². The fraction of sp³-hybridized carbons (Fsp3) is 0.500. The molecule has 2 atom stereocenters. The first-order chi connectivity index (χ1) is 13.6. The SMILES string of the molecule is CCOC1CC(NC(=O)c2ccc(Cn3nc(C)cc3C)cc2)(C(=O)O)C1(C)C. The normalized spacial score (nSPS) is 22.7. The number of carboxylic acid groups (broad SMARTS) is 1. The third kappa shape index (κ3) is 3.67. The minimum Gasteiger partial charge on any atom is -0.479 e. The Morgan fingerprint density at radius 1 is 1.28 bits per heavy atom. The van der Waals surface area contributed by atoms with E-state index in [0.29, 0.717) is 18.7 Å². The number of aromatic nitrogens is 2. The number of benzene rings is 1. The molecule has 0 radical (unpaired) electrons. The number of aryl methyl sites for hydroxylation is 2. The van der Waals surface area contributed by atoms with Crippen LogP contribution in [0.25, 0.3) is 0 Å². The summed E-state index contributed by atoms with van der Waals surface area (Å²) >= 11 is 0. The number of carboxylic acids is 1. The molecule has 1 aromatic carbocycles. The molecule has 1 fully saturated rings. The molecule has 2 aromatic rings. The molecule has 1 saturated carbocycles. The van der Waals surface area contributed by atoms with Crippen LogP contribution in [0, 0.1) is 19.3 Å². The van der Waals surface area contributed by atoms with Crippen LogP contribution in [-0.2, 0) is 16.1 Å². The Labute approximate surface area is 171 Å². The quantitative estimate of drug-likeness (QED) is 0.747. The van der Waals surface area contributed by atoms with Crippen molar-refractivity contribution in [1.29, 1.82) is 0 Å². The number of amides is 1. The molecule has 1 aromatic heterocycles. The molecule has 1 amide bonds. The second-order valence-electron chi connectivity index (χ2n) is 8.32. The molecule has 3 rings (SSSR count). The molecule has 0 aliphatic heterocycles. The van der Waals surface area contributed by atoms with Gasteiger partial charge in [0.15, 0.2) is 0 Å². The molecule has 2 N–H and O–H groups in total. The molecule has 0 saturated heterocycles. The predicted molar refractivity (Wildman–Crippen MR) is 109 cm³/mol. The van der Waals surface area contributed by atoms with Gasteiger partial charge in [0.05, 0.1) is 18.3 Å². The zero-order valence-corrected chi connectivity index (χ0v) is 17.7. The lowest BCUT2D eigenvalue weighted by molar-refractivity contribution is -0.190. The maximum absolute atomic E-state index is 12.8. The molecule has 1 aliphatic carbocycles. The maximum Gasteiger partial charge on any atom is 0.330 e. The van der Waals surface area contributed by atoms with Gasteiger partial charge in [0.1, 0.15) is 5.54 Å². The first-order valence-corrected chi connectivity index (χ1v) is 9.88. The Kier molecular flexibility index (Phi) is 5.54. The smallest absolute Gasteiger partial charge is 0.330 e. The van der Waals surface area contributed by atoms with Crippen LogP contribution in [0.4, 0.5) is 0 Å². The van der Waals surface area contributed by atoms with E-state index in [1.54, 1.807) is 12.1 Å². The van der Waals surface area contributed by atoms with E-state index in [1.165, 1.54) is 0 Å². The summed E-state index contributed by atoms with van der Waals surface area (Å²) in [6.07, 6.45) is 0.0531. The summed E-state index contributed by atoms with van der Waals surface area (Å²) in [7, 11) is 0. The number of ether oxygens (including phenoxy) is 1. The van der Waals surface area contributed by atoms with Crippen molar-refractivity contribution in [3.05, 3.63) is 52.8 Å². The van der Waals surface area contributed by atoms with Crippen LogP contribution in [-0.4, -0.2) is 45.0 Å². The van der Waals surface area contributed by atoms with Gasteiger partial charge in [-0.1, -0.05) is 26.0 Å². The van der Waals surface area contributed by atoms with E-state index in [1.807, 2.05) is 57.5 Å². The van der Waals surface area contributed by atoms with Crippen LogP contribution in [0.5, 0.6) is 0 Å². The highest BCUT2D eigenvalue weighted by Crippen LogP contribution is 2.51. The van der Waals surface area contributed by atoms with E-state index < -0.39 is 22.8 Å². The van der Waals surface area contributed by atoms with Crippen LogP contribution in [0.3, 0.4) is 0 Å². The molecule has 1 aliphatic rings. The summed E-state index contributed by atoms with van der Waals surface area (Å²) in [6.45, 7) is 10.6. The number of nitrogens with zero attached hydrogens (tertiary/aromatic N) is 2. The Hall–Kier alpha value is -2.67. The van der Waals surface area contributed by atoms with E-state index >= 15 is 0 Å². The highest BCUT2D eigenvalue weighted by Gasteiger charge is 2.66. The molecule has 29 heavy (non-hydrogen) atoms. The highest BCUT2D eigenvalue weighted by atomic mass is 16.5. The summed E-state index contributed by atoms with van der Waals surface area (Å²) in [6, 6.07) is 9.19. The fourth-order valence-electron chi connectivity index (χ4n) is 4.07. The van der Waals surface area contributed by atoms with Gasteiger partial charge in [-0.2, -0.15) is 5.10 Å². The van der Waals surface area contributed by atoms with E-state index in [4.69, 9.17) is 4.74 Å². The standard InChI is InChI=1S/C22H29N3O4/c1-6-29-18-12-22(20(27)28,21(18,4)5)23-19(26)17-9-7-16(8-10-17)13-25-15(3)11-14(2)24-25/h7-11,18H,6,12-13H2,1-5H3,(H,23,26)(H,27,28). The highest BCUT2D eigenvalue weighted by molar-refractivity contribution is 5.98. The van der Waals surface area contributed by atoms with Gasteiger partial charge >= 0.3 is 5.97 Å². The number of carbonyl (C=O) groups excluding carboxylic acids is 1. The Morgan fingerprint density at radius 3 is 2.41 bits per heavy atom. The second-order valence-corrected chi connectivity index (χ2v) is 8.32. The molecule has 2 unspecified atom stereocenters. The van der Waals surface area contributed by atoms with Gasteiger partial charge < -0.3 is 15.2 Å². The van der Waals surface area contributed by atoms with Gasteiger partial charge in [-0.15, -0.1) is 0 Å². The van der Waals surface area contributed by atoms with E-state index in [-0.39, 0.29) is 12.5 Å². The lowest BCUT2D eigenvalue weighted by Gasteiger charge is -2.58. The molecule has 0 bridgehead atoms. The molecular weight excluding hydrogens is 370 g/mol. The number of carbonyl (C=O) groups is 2. The minimum absolute atomic E-state index is 0.202. The van der Waals surface area contributed by atoms with Crippen LogP contribution < -0.4 is 5.32 Å². The van der Waals surface area contributed by atoms with Gasteiger partial charge in [-0.3, -0.25) is 9.48 Å². The molecular formula is C22H29N3O4. The first-order valence-electron chi connectivity index (χ1n) is 9.88. The number of aliphatic carboxylic acids is 1. The Bertz CT molecular complexity index is 917. The summed E-state index contributed by atoms with van der Waals surface area (Å²) in [5.74, 6) is -1.43. The van der Waals surface area contributed by atoms with E-state index in [2.05, 4.69) is 10.4 Å². The van der Waals surface area contributed by atoms with E-state index in [0.717, 1.165) is 17.0 Å². The zero-order valence-electron chi connectivity index (χ0n) is 17.7. The third-order valence-electron chi connectivity index (χ3n) is 6.11. The van der Waals surface area contributed by atoms with Crippen molar-refractivity contribution in [2.45, 2.75) is 59.2 Å². The topological polar surface area (TPSA) is 93.5 Å². The lowest BCUT2D eigenvalue weighted by Crippen LogP contribution is -2.76. The number of rotatable bonds is 7. The number of hydrogen-bond donors (Lipinski definition) is 2. The van der Waals surface area contributed by atoms with Crippen molar-refractivity contribution in [1.82, 2.24) is 15.1 Å². The monoisotopic (exact) mass is 399 g/mol. The van der Waals surface area contributed by atoms with Gasteiger partial charge in [0.25, 0.3) is 5.91 Å². The predicted octanol–water partition coefficient (Wildman–Crippen LogP) is 2.94. The fourth-order valence-corrected chi connectivity index (χ4v) is 4.07. The minimum atomic E-state index is -1.34. The Morgan fingerprint density at radius 2 is 1.93 bits per heavy atom. The first kappa shape index (κ1) is 21.0. The lowest BCUT2D eigenvalue weighted by atomic mass is 9.54. The summed E-state index contributed by atoms with van der Waals surface area (Å²) in [5.41, 5.74) is 1.43. The summed E-state index contributed by atoms with van der Waals surface area (Å²) in [4.78, 5) is 24.9. The van der Waals surface area contributed by atoms with Gasteiger partial charge in [0, 0.05) is 29.7 Å². The molecule has 7 nitrogen and oxygen atoms in total. The molecule has 1 heterocycles. The zero-order chi connectivity index (χ0) is 21.4. The van der Waals surface area contributed by atoms with Gasteiger partial charge in [-0.05, 0) is 44.5 Å². The summed E-state index contributed by atoms with van der Waals surface area (Å²) in [5, 5.41) is 17.1. The van der Waals surface area contributed by atoms with Gasteiger partial charge in [-0.25, -0.2) is 4.79 Å². The Balaban J connectivity index is 1.73. The van der Waals surface area contributed by atoms with Crippen molar-refractivity contribution in [2.75, 3.05) is 6.61 Å². The average Bonchev–Trinajstić information content (AvgIpc) is 2.97. The van der Waals surface area contributed by atoms with Crippen molar-refractivity contribution in [2.24, 2.45) is 5.41 Å².